The number of fused-ring (bicyclic) bond motifs is 1. The first-order valence-electron chi connectivity index (χ1n) is 8.41. The Morgan fingerprint density at radius 2 is 2.04 bits per heavy atom. The summed E-state index contributed by atoms with van der Waals surface area (Å²) in [5.41, 5.74) is 4.71. The summed E-state index contributed by atoms with van der Waals surface area (Å²) < 4.78 is 12.4. The van der Waals surface area contributed by atoms with Crippen molar-refractivity contribution in [3.05, 3.63) is 59.8 Å². The van der Waals surface area contributed by atoms with Crippen molar-refractivity contribution in [2.24, 2.45) is 5.92 Å². The average Bonchev–Trinajstić information content (AvgIpc) is 3.18. The number of nitrogens with zero attached hydrogens (tertiary/aromatic N) is 1. The number of carbonyl (C=O) groups is 1. The van der Waals surface area contributed by atoms with Crippen LogP contribution in [0.1, 0.15) is 24.6 Å². The number of carboxylic acid groups (broad SMARTS) is 1. The summed E-state index contributed by atoms with van der Waals surface area (Å²) >= 11 is 0. The van der Waals surface area contributed by atoms with Gasteiger partial charge in [-0.1, -0.05) is 37.3 Å². The lowest BCUT2D eigenvalue weighted by Gasteiger charge is -2.20. The van der Waals surface area contributed by atoms with Crippen molar-refractivity contribution in [3.63, 3.8) is 0 Å². The SMILES string of the molecule is CC1CCc2c(cc(-c3ccccc3)n2-c2ccc(OC(=O)O)o2)C1. The molecule has 0 amide bonds. The number of rotatable bonds is 3. The van der Waals surface area contributed by atoms with E-state index in [0.29, 0.717) is 11.8 Å². The van der Waals surface area contributed by atoms with Gasteiger partial charge in [0.2, 0.25) is 5.88 Å². The first kappa shape index (κ1) is 15.6. The van der Waals surface area contributed by atoms with E-state index in [1.165, 1.54) is 17.3 Å². The molecule has 128 valence electrons. The minimum absolute atomic E-state index is 0.0202. The molecule has 0 bridgehead atoms. The minimum atomic E-state index is -1.38. The fourth-order valence-electron chi connectivity index (χ4n) is 3.56. The maximum Gasteiger partial charge on any atom is 0.513 e. The number of hydrogen-bond donors (Lipinski definition) is 1. The van der Waals surface area contributed by atoms with Gasteiger partial charge >= 0.3 is 6.16 Å². The van der Waals surface area contributed by atoms with E-state index in [1.54, 1.807) is 6.07 Å². The summed E-state index contributed by atoms with van der Waals surface area (Å²) in [5, 5.41) is 8.77. The van der Waals surface area contributed by atoms with Crippen molar-refractivity contribution >= 4 is 6.16 Å². The molecule has 5 heteroatoms. The molecule has 3 aromatic rings. The molecule has 2 aromatic heterocycles. The Balaban J connectivity index is 1.85. The van der Waals surface area contributed by atoms with Crippen molar-refractivity contribution < 1.29 is 19.1 Å². The summed E-state index contributed by atoms with van der Waals surface area (Å²) in [6.07, 6.45) is 1.76. The second kappa shape index (κ2) is 6.16. The summed E-state index contributed by atoms with van der Waals surface area (Å²) in [6.45, 7) is 2.27. The van der Waals surface area contributed by atoms with E-state index in [2.05, 4.69) is 34.4 Å². The van der Waals surface area contributed by atoms with Crippen molar-refractivity contribution in [2.75, 3.05) is 0 Å². The Morgan fingerprint density at radius 1 is 1.24 bits per heavy atom. The molecule has 1 N–H and O–H groups in total. The van der Waals surface area contributed by atoms with Gasteiger partial charge in [0, 0.05) is 17.8 Å². The highest BCUT2D eigenvalue weighted by atomic mass is 16.7. The summed E-state index contributed by atoms with van der Waals surface area (Å²) in [4.78, 5) is 10.7. The zero-order valence-corrected chi connectivity index (χ0v) is 13.9. The molecule has 1 atom stereocenters. The van der Waals surface area contributed by atoms with Crippen LogP contribution in [0.4, 0.5) is 4.79 Å². The van der Waals surface area contributed by atoms with Crippen LogP contribution in [0.25, 0.3) is 17.1 Å². The molecule has 0 fully saturated rings. The van der Waals surface area contributed by atoms with Crippen LogP contribution in [-0.4, -0.2) is 15.8 Å². The average molecular weight is 337 g/mol. The topological polar surface area (TPSA) is 64.6 Å². The first-order chi connectivity index (χ1) is 12.1. The third kappa shape index (κ3) is 2.93. The Bertz CT molecular complexity index is 907. The predicted octanol–water partition coefficient (Wildman–Crippen LogP) is 4.92. The third-order valence-corrected chi connectivity index (χ3v) is 4.68. The fourth-order valence-corrected chi connectivity index (χ4v) is 3.56. The normalized spacial score (nSPS) is 16.4. The molecule has 2 heterocycles. The molecule has 0 saturated carbocycles. The van der Waals surface area contributed by atoms with Gasteiger partial charge in [-0.2, -0.15) is 0 Å². The largest absolute Gasteiger partial charge is 0.513 e. The van der Waals surface area contributed by atoms with Crippen LogP contribution in [0.3, 0.4) is 0 Å². The molecule has 0 aliphatic heterocycles. The third-order valence-electron chi connectivity index (χ3n) is 4.68. The molecule has 5 nitrogen and oxygen atoms in total. The predicted molar refractivity (Wildman–Crippen MR) is 93.3 cm³/mol. The second-order valence-corrected chi connectivity index (χ2v) is 6.51. The van der Waals surface area contributed by atoms with Gasteiger partial charge < -0.3 is 14.3 Å². The van der Waals surface area contributed by atoms with Gasteiger partial charge in [0.1, 0.15) is 0 Å². The number of furan rings is 1. The zero-order valence-electron chi connectivity index (χ0n) is 13.9. The Labute approximate surface area is 145 Å². The van der Waals surface area contributed by atoms with E-state index in [4.69, 9.17) is 9.52 Å². The molecule has 0 spiro atoms. The zero-order chi connectivity index (χ0) is 17.4. The van der Waals surface area contributed by atoms with Crippen LogP contribution in [0.15, 0.2) is 52.9 Å². The van der Waals surface area contributed by atoms with Gasteiger partial charge in [0.15, 0.2) is 0 Å². The van der Waals surface area contributed by atoms with Gasteiger partial charge in [-0.15, -0.1) is 0 Å². The Hall–Kier alpha value is -2.95. The van der Waals surface area contributed by atoms with E-state index >= 15 is 0 Å². The molecule has 1 unspecified atom stereocenters. The lowest BCUT2D eigenvalue weighted by Crippen LogP contribution is -2.13. The van der Waals surface area contributed by atoms with Crippen molar-refractivity contribution in [1.29, 1.82) is 0 Å². The lowest BCUT2D eigenvalue weighted by molar-refractivity contribution is 0.133. The maximum atomic E-state index is 10.7. The smallest absolute Gasteiger partial charge is 0.449 e. The van der Waals surface area contributed by atoms with Gasteiger partial charge in [-0.25, -0.2) is 4.79 Å². The van der Waals surface area contributed by atoms with Crippen LogP contribution in [0.5, 0.6) is 5.95 Å². The van der Waals surface area contributed by atoms with Crippen LogP contribution in [0, 0.1) is 5.92 Å². The second-order valence-electron chi connectivity index (χ2n) is 6.51. The molecular formula is C20H19NO4. The van der Waals surface area contributed by atoms with Gasteiger partial charge in [-0.05, 0) is 42.4 Å². The van der Waals surface area contributed by atoms with Crippen LogP contribution < -0.4 is 4.74 Å². The molecule has 0 radical (unpaired) electrons. The Kier molecular flexibility index (Phi) is 3.84. The van der Waals surface area contributed by atoms with Gasteiger partial charge in [-0.3, -0.25) is 4.57 Å². The summed E-state index contributed by atoms with van der Waals surface area (Å²) in [7, 11) is 0. The number of benzene rings is 1. The number of ether oxygens (including phenoxy) is 1. The molecule has 1 aromatic carbocycles. The number of hydrogen-bond acceptors (Lipinski definition) is 3. The molecule has 0 saturated heterocycles. The monoisotopic (exact) mass is 337 g/mol. The van der Waals surface area contributed by atoms with Gasteiger partial charge in [0.05, 0.1) is 5.69 Å². The minimum Gasteiger partial charge on any atom is -0.449 e. The van der Waals surface area contributed by atoms with Crippen LogP contribution in [-0.2, 0) is 12.8 Å². The molecule has 1 aliphatic rings. The molecule has 1 aliphatic carbocycles. The maximum absolute atomic E-state index is 10.7. The van der Waals surface area contributed by atoms with Crippen molar-refractivity contribution in [3.8, 4) is 23.1 Å². The fraction of sp³-hybridized carbons (Fsp3) is 0.250. The number of aromatic nitrogens is 1. The van der Waals surface area contributed by atoms with E-state index in [-0.39, 0.29) is 5.95 Å². The van der Waals surface area contributed by atoms with Crippen LogP contribution >= 0.6 is 0 Å². The molecular weight excluding hydrogens is 318 g/mol. The van der Waals surface area contributed by atoms with E-state index in [0.717, 1.165) is 30.5 Å². The highest BCUT2D eigenvalue weighted by Crippen LogP contribution is 2.36. The van der Waals surface area contributed by atoms with Crippen molar-refractivity contribution in [2.45, 2.75) is 26.2 Å². The highest BCUT2D eigenvalue weighted by molar-refractivity contribution is 5.65. The summed E-state index contributed by atoms with van der Waals surface area (Å²) in [6, 6.07) is 15.7. The summed E-state index contributed by atoms with van der Waals surface area (Å²) in [5.74, 6) is 1.22. The van der Waals surface area contributed by atoms with E-state index < -0.39 is 6.16 Å². The van der Waals surface area contributed by atoms with Gasteiger partial charge in [0.25, 0.3) is 5.95 Å². The van der Waals surface area contributed by atoms with Crippen LogP contribution in [0.2, 0.25) is 0 Å². The van der Waals surface area contributed by atoms with Crippen molar-refractivity contribution in [1.82, 2.24) is 4.57 Å². The quantitative estimate of drug-likeness (QED) is 0.689. The van der Waals surface area contributed by atoms with E-state index in [9.17, 15) is 4.79 Å². The lowest BCUT2D eigenvalue weighted by atomic mass is 9.89. The molecule has 4 rings (SSSR count). The van der Waals surface area contributed by atoms with E-state index in [1.807, 2.05) is 18.2 Å². The Morgan fingerprint density at radius 3 is 2.80 bits per heavy atom. The molecule has 25 heavy (non-hydrogen) atoms. The standard InChI is InChI=1S/C20H19NO4/c1-13-7-8-16-15(11-13)12-17(14-5-3-2-4-6-14)21(16)18-9-10-19(24-18)25-20(22)23/h2-6,9-10,12-13H,7-8,11H2,1H3,(H,22,23). The first-order valence-corrected chi connectivity index (χ1v) is 8.41. The highest BCUT2D eigenvalue weighted by Gasteiger charge is 2.24.